The Morgan fingerprint density at radius 2 is 1.90 bits per heavy atom. The molecule has 108 valence electrons. The highest BCUT2D eigenvalue weighted by Gasteiger charge is 2.32. The Hall–Kier alpha value is -2.19. The van der Waals surface area contributed by atoms with Gasteiger partial charge >= 0.3 is 6.18 Å². The smallest absolute Gasteiger partial charge is 0.354 e. The molecule has 2 aromatic rings. The Kier molecular flexibility index (Phi) is 4.10. The van der Waals surface area contributed by atoms with E-state index in [1.165, 1.54) is 19.1 Å². The third-order valence-corrected chi connectivity index (χ3v) is 3.26. The second kappa shape index (κ2) is 5.66. The van der Waals surface area contributed by atoms with Gasteiger partial charge in [0.15, 0.2) is 0 Å². The SMILES string of the molecule is Cc1ccc(Nc2cccc(Cl)c2C#N)cc1C(F)(F)F. The molecular weight excluding hydrogens is 301 g/mol. The number of alkyl halides is 3. The molecule has 0 unspecified atom stereocenters. The maximum atomic E-state index is 12.9. The quantitative estimate of drug-likeness (QED) is 0.819. The first-order valence-electron chi connectivity index (χ1n) is 5.96. The number of aryl methyl sites for hydroxylation is 1. The number of hydrogen-bond donors (Lipinski definition) is 1. The monoisotopic (exact) mass is 310 g/mol. The van der Waals surface area contributed by atoms with E-state index in [0.29, 0.717) is 5.69 Å². The summed E-state index contributed by atoms with van der Waals surface area (Å²) in [5.41, 5.74) is 0.217. The maximum absolute atomic E-state index is 12.9. The summed E-state index contributed by atoms with van der Waals surface area (Å²) >= 11 is 5.88. The number of nitriles is 1. The number of rotatable bonds is 2. The van der Waals surface area contributed by atoms with Crippen LogP contribution in [0.2, 0.25) is 5.02 Å². The highest BCUT2D eigenvalue weighted by atomic mass is 35.5. The number of anilines is 2. The fraction of sp³-hybridized carbons (Fsp3) is 0.133. The summed E-state index contributed by atoms with van der Waals surface area (Å²) in [5, 5.41) is 12.1. The molecule has 2 aromatic carbocycles. The Balaban J connectivity index is 2.42. The molecule has 0 saturated heterocycles. The number of halogens is 4. The van der Waals surface area contributed by atoms with Crippen molar-refractivity contribution >= 4 is 23.0 Å². The fourth-order valence-electron chi connectivity index (χ4n) is 1.90. The first kappa shape index (κ1) is 15.2. The lowest BCUT2D eigenvalue weighted by atomic mass is 10.1. The van der Waals surface area contributed by atoms with Gasteiger partial charge in [0.05, 0.1) is 21.8 Å². The van der Waals surface area contributed by atoms with Crippen LogP contribution in [0, 0.1) is 18.3 Å². The molecule has 1 N–H and O–H groups in total. The number of benzene rings is 2. The molecule has 0 radical (unpaired) electrons. The normalized spacial score (nSPS) is 11.0. The van der Waals surface area contributed by atoms with E-state index in [0.717, 1.165) is 6.07 Å². The highest BCUT2D eigenvalue weighted by molar-refractivity contribution is 6.32. The largest absolute Gasteiger partial charge is 0.416 e. The average Bonchev–Trinajstić information content (AvgIpc) is 2.40. The molecule has 0 atom stereocenters. The van der Waals surface area contributed by atoms with E-state index in [2.05, 4.69) is 5.32 Å². The number of nitrogens with zero attached hydrogens (tertiary/aromatic N) is 1. The van der Waals surface area contributed by atoms with E-state index < -0.39 is 11.7 Å². The van der Waals surface area contributed by atoms with Gasteiger partial charge in [0.2, 0.25) is 0 Å². The lowest BCUT2D eigenvalue weighted by molar-refractivity contribution is -0.138. The summed E-state index contributed by atoms with van der Waals surface area (Å²) in [5.74, 6) is 0. The van der Waals surface area contributed by atoms with Crippen LogP contribution in [0.15, 0.2) is 36.4 Å². The van der Waals surface area contributed by atoms with Crippen LogP contribution in [0.4, 0.5) is 24.5 Å². The number of hydrogen-bond acceptors (Lipinski definition) is 2. The van der Waals surface area contributed by atoms with Crippen molar-refractivity contribution in [2.45, 2.75) is 13.1 Å². The van der Waals surface area contributed by atoms with Gasteiger partial charge in [-0.1, -0.05) is 23.7 Å². The van der Waals surface area contributed by atoms with Gasteiger partial charge in [-0.3, -0.25) is 0 Å². The second-order valence-corrected chi connectivity index (χ2v) is 4.83. The maximum Gasteiger partial charge on any atom is 0.416 e. The summed E-state index contributed by atoms with van der Waals surface area (Å²) in [6.07, 6.45) is -4.42. The summed E-state index contributed by atoms with van der Waals surface area (Å²) in [6.45, 7) is 1.40. The van der Waals surface area contributed by atoms with Gasteiger partial charge in [-0.15, -0.1) is 0 Å². The molecule has 0 spiro atoms. The molecular formula is C15H10ClF3N2. The summed E-state index contributed by atoms with van der Waals surface area (Å²) in [7, 11) is 0. The summed E-state index contributed by atoms with van der Waals surface area (Å²) in [4.78, 5) is 0. The molecule has 2 nitrogen and oxygen atoms in total. The molecule has 0 aliphatic carbocycles. The minimum absolute atomic E-state index is 0.139. The van der Waals surface area contributed by atoms with Crippen LogP contribution in [0.25, 0.3) is 0 Å². The van der Waals surface area contributed by atoms with Crippen LogP contribution < -0.4 is 5.32 Å². The van der Waals surface area contributed by atoms with E-state index >= 15 is 0 Å². The van der Waals surface area contributed by atoms with Gasteiger partial charge in [-0.2, -0.15) is 18.4 Å². The lowest BCUT2D eigenvalue weighted by Gasteiger charge is -2.14. The van der Waals surface area contributed by atoms with Gasteiger partial charge in [0.1, 0.15) is 6.07 Å². The van der Waals surface area contributed by atoms with E-state index in [9.17, 15) is 13.2 Å². The third-order valence-electron chi connectivity index (χ3n) is 2.95. The molecule has 0 aliphatic rings. The Labute approximate surface area is 124 Å². The van der Waals surface area contributed by atoms with E-state index in [-0.39, 0.29) is 21.8 Å². The van der Waals surface area contributed by atoms with Gasteiger partial charge in [0, 0.05) is 5.69 Å². The van der Waals surface area contributed by atoms with Crippen molar-refractivity contribution in [2.24, 2.45) is 0 Å². The second-order valence-electron chi connectivity index (χ2n) is 4.43. The molecule has 0 heterocycles. The van der Waals surface area contributed by atoms with Crippen LogP contribution >= 0.6 is 11.6 Å². The topological polar surface area (TPSA) is 35.8 Å². The fourth-order valence-corrected chi connectivity index (χ4v) is 2.12. The molecule has 2 rings (SSSR count). The van der Waals surface area contributed by atoms with Gasteiger partial charge in [-0.25, -0.2) is 0 Å². The van der Waals surface area contributed by atoms with Crippen LogP contribution in [0.3, 0.4) is 0 Å². The van der Waals surface area contributed by atoms with Crippen LogP contribution in [0.1, 0.15) is 16.7 Å². The predicted molar refractivity (Wildman–Crippen MR) is 75.6 cm³/mol. The van der Waals surface area contributed by atoms with Crippen LogP contribution in [-0.2, 0) is 6.18 Å². The van der Waals surface area contributed by atoms with Crippen molar-refractivity contribution in [2.75, 3.05) is 5.32 Å². The Bertz CT molecular complexity index is 718. The van der Waals surface area contributed by atoms with E-state index in [4.69, 9.17) is 16.9 Å². The average molecular weight is 311 g/mol. The van der Waals surface area contributed by atoms with Gasteiger partial charge in [-0.05, 0) is 36.8 Å². The zero-order chi connectivity index (χ0) is 15.6. The Morgan fingerprint density at radius 3 is 2.52 bits per heavy atom. The third kappa shape index (κ3) is 3.29. The summed E-state index contributed by atoms with van der Waals surface area (Å²) in [6, 6.07) is 10.6. The predicted octanol–water partition coefficient (Wildman–Crippen LogP) is 5.28. The minimum atomic E-state index is -4.42. The van der Waals surface area contributed by atoms with E-state index in [1.54, 1.807) is 18.2 Å². The summed E-state index contributed by atoms with van der Waals surface area (Å²) < 4.78 is 38.6. The van der Waals surface area contributed by atoms with Crippen LogP contribution in [0.5, 0.6) is 0 Å². The van der Waals surface area contributed by atoms with E-state index in [1.807, 2.05) is 6.07 Å². The van der Waals surface area contributed by atoms with Gasteiger partial charge < -0.3 is 5.32 Å². The van der Waals surface area contributed by atoms with Crippen molar-refractivity contribution in [3.8, 4) is 6.07 Å². The molecule has 0 fully saturated rings. The molecule has 6 heteroatoms. The van der Waals surface area contributed by atoms with Crippen molar-refractivity contribution in [1.82, 2.24) is 0 Å². The first-order chi connectivity index (χ1) is 9.82. The molecule has 0 aliphatic heterocycles. The van der Waals surface area contributed by atoms with Crippen molar-refractivity contribution in [1.29, 1.82) is 5.26 Å². The zero-order valence-electron chi connectivity index (χ0n) is 10.9. The van der Waals surface area contributed by atoms with Crippen molar-refractivity contribution in [3.63, 3.8) is 0 Å². The highest BCUT2D eigenvalue weighted by Crippen LogP contribution is 2.34. The van der Waals surface area contributed by atoms with Crippen LogP contribution in [-0.4, -0.2) is 0 Å². The van der Waals surface area contributed by atoms with Gasteiger partial charge in [0.25, 0.3) is 0 Å². The molecule has 0 saturated carbocycles. The number of nitrogens with one attached hydrogen (secondary N) is 1. The molecule has 0 amide bonds. The molecule has 21 heavy (non-hydrogen) atoms. The minimum Gasteiger partial charge on any atom is -0.354 e. The molecule has 0 bridgehead atoms. The Morgan fingerprint density at radius 1 is 1.19 bits per heavy atom. The lowest BCUT2D eigenvalue weighted by Crippen LogP contribution is -2.08. The van der Waals surface area contributed by atoms with Crippen molar-refractivity contribution in [3.05, 3.63) is 58.1 Å². The molecule has 0 aromatic heterocycles. The first-order valence-corrected chi connectivity index (χ1v) is 6.34. The zero-order valence-corrected chi connectivity index (χ0v) is 11.7. The van der Waals surface area contributed by atoms with Crippen molar-refractivity contribution < 1.29 is 13.2 Å². The standard InChI is InChI=1S/C15H10ClF3N2/c1-9-5-6-10(7-12(9)15(17,18)19)21-14-4-2-3-13(16)11(14)8-20/h2-7,21H,1H3.